The Morgan fingerprint density at radius 1 is 0.447 bits per heavy atom. The first-order valence-corrected chi connectivity index (χ1v) is 17.0. The van der Waals surface area contributed by atoms with Crippen molar-refractivity contribution in [1.82, 2.24) is 0 Å². The number of fused-ring (bicyclic) bond motifs is 6. The van der Waals surface area contributed by atoms with Crippen molar-refractivity contribution in [3.63, 3.8) is 0 Å². The fourth-order valence-electron chi connectivity index (χ4n) is 6.69. The molecule has 0 aliphatic rings. The number of anilines is 3. The van der Waals surface area contributed by atoms with Gasteiger partial charge in [0, 0.05) is 11.3 Å². The van der Waals surface area contributed by atoms with Crippen LogP contribution in [0.25, 0.3) is 43.4 Å². The first-order chi connectivity index (χ1) is 22.4. The molecule has 234 valence electrons. The summed E-state index contributed by atoms with van der Waals surface area (Å²) in [7, 11) is 0. The molecule has 0 amide bonds. The second-order valence-corrected chi connectivity index (χ2v) is 15.3. The fraction of sp³-hybridized carbons (Fsp3) is 0.182. The minimum atomic E-state index is -0.0418. The third kappa shape index (κ3) is 5.67. The maximum absolute atomic E-state index is 7.02. The maximum atomic E-state index is 7.02. The molecule has 0 heterocycles. The molecule has 0 spiro atoms. The SMILES string of the molecule is CC(C)(C)c1ccc(N(c2ccc(C(C)(C)C)cc2-c2ccc3c4ccccc4c4ccccc4c3c2)c2cccc(Cl)c2Cl)cc1. The second-order valence-electron chi connectivity index (χ2n) is 14.5. The molecule has 0 N–H and O–H groups in total. The number of hydrogen-bond acceptors (Lipinski definition) is 1. The summed E-state index contributed by atoms with van der Waals surface area (Å²) in [6.07, 6.45) is 0. The van der Waals surface area contributed by atoms with Gasteiger partial charge in [-0.05, 0) is 102 Å². The standard InChI is InChI=1S/C44H39Cl2N/c1-43(2,3)29-19-22-31(23-20-29)47(41-17-11-16-39(45)42(41)46)40-25-21-30(44(4,5)6)27-37(40)28-18-24-36-34-14-8-7-12-32(34)33-13-9-10-15-35(33)38(36)26-28/h7-27H,1-6H3. The van der Waals surface area contributed by atoms with E-state index in [-0.39, 0.29) is 10.8 Å². The molecule has 0 bridgehead atoms. The van der Waals surface area contributed by atoms with Crippen molar-refractivity contribution in [3.8, 4) is 11.1 Å². The van der Waals surface area contributed by atoms with Crippen molar-refractivity contribution < 1.29 is 0 Å². The van der Waals surface area contributed by atoms with Crippen molar-refractivity contribution >= 4 is 72.6 Å². The highest BCUT2D eigenvalue weighted by molar-refractivity contribution is 6.44. The van der Waals surface area contributed by atoms with E-state index < -0.39 is 0 Å². The normalized spacial score (nSPS) is 12.3. The first-order valence-electron chi connectivity index (χ1n) is 16.2. The van der Waals surface area contributed by atoms with E-state index in [1.165, 1.54) is 43.4 Å². The van der Waals surface area contributed by atoms with Gasteiger partial charge in [0.2, 0.25) is 0 Å². The van der Waals surface area contributed by atoms with E-state index >= 15 is 0 Å². The Morgan fingerprint density at radius 2 is 0.979 bits per heavy atom. The number of benzene rings is 7. The molecule has 0 saturated heterocycles. The van der Waals surface area contributed by atoms with Crippen LogP contribution in [0.2, 0.25) is 10.0 Å². The molecule has 7 aromatic carbocycles. The molecule has 7 aromatic rings. The molecule has 1 nitrogen and oxygen atoms in total. The van der Waals surface area contributed by atoms with Crippen molar-refractivity contribution in [2.45, 2.75) is 52.4 Å². The Kier molecular flexibility index (Phi) is 7.82. The number of rotatable bonds is 4. The van der Waals surface area contributed by atoms with E-state index in [1.807, 2.05) is 18.2 Å². The van der Waals surface area contributed by atoms with Gasteiger partial charge in [0.05, 0.1) is 21.4 Å². The fourth-order valence-corrected chi connectivity index (χ4v) is 7.07. The van der Waals surface area contributed by atoms with E-state index in [9.17, 15) is 0 Å². The molecule has 0 aliphatic heterocycles. The monoisotopic (exact) mass is 651 g/mol. The van der Waals surface area contributed by atoms with Crippen LogP contribution in [-0.4, -0.2) is 0 Å². The summed E-state index contributed by atoms with van der Waals surface area (Å²) in [5, 5.41) is 8.61. The lowest BCUT2D eigenvalue weighted by atomic mass is 9.84. The van der Waals surface area contributed by atoms with E-state index in [0.717, 1.165) is 28.2 Å². The van der Waals surface area contributed by atoms with Gasteiger partial charge >= 0.3 is 0 Å². The number of halogens is 2. The van der Waals surface area contributed by atoms with Gasteiger partial charge in [-0.2, -0.15) is 0 Å². The lowest BCUT2D eigenvalue weighted by Gasteiger charge is -2.31. The van der Waals surface area contributed by atoms with Crippen molar-refractivity contribution in [2.75, 3.05) is 4.90 Å². The molecule has 0 aromatic heterocycles. The van der Waals surface area contributed by atoms with Gasteiger partial charge in [0.25, 0.3) is 0 Å². The molecular formula is C44H39Cl2N. The Labute approximate surface area is 288 Å². The number of nitrogens with zero attached hydrogens (tertiary/aromatic N) is 1. The lowest BCUT2D eigenvalue weighted by molar-refractivity contribution is 0.590. The Hall–Kier alpha value is -4.30. The van der Waals surface area contributed by atoms with E-state index in [0.29, 0.717) is 10.0 Å². The minimum absolute atomic E-state index is 0.0363. The van der Waals surface area contributed by atoms with Gasteiger partial charge in [0.15, 0.2) is 0 Å². The molecule has 0 atom stereocenters. The summed E-state index contributed by atoms with van der Waals surface area (Å²) < 4.78 is 0. The lowest BCUT2D eigenvalue weighted by Crippen LogP contribution is -2.16. The molecule has 0 unspecified atom stereocenters. The molecule has 7 rings (SSSR count). The Bertz CT molecular complexity index is 2250. The average Bonchev–Trinajstić information content (AvgIpc) is 3.06. The average molecular weight is 653 g/mol. The maximum Gasteiger partial charge on any atom is 0.0832 e. The third-order valence-electron chi connectivity index (χ3n) is 9.32. The van der Waals surface area contributed by atoms with Gasteiger partial charge in [-0.1, -0.05) is 150 Å². The van der Waals surface area contributed by atoms with Crippen LogP contribution >= 0.6 is 23.2 Å². The van der Waals surface area contributed by atoms with E-state index in [4.69, 9.17) is 23.2 Å². The van der Waals surface area contributed by atoms with Crippen molar-refractivity contribution in [3.05, 3.63) is 149 Å². The minimum Gasteiger partial charge on any atom is -0.308 e. The van der Waals surface area contributed by atoms with Gasteiger partial charge < -0.3 is 4.90 Å². The zero-order valence-electron chi connectivity index (χ0n) is 27.8. The van der Waals surface area contributed by atoms with Crippen molar-refractivity contribution in [2.24, 2.45) is 0 Å². The molecule has 0 aliphatic carbocycles. The summed E-state index contributed by atoms with van der Waals surface area (Å²) in [5.74, 6) is 0. The van der Waals surface area contributed by atoms with Gasteiger partial charge in [0.1, 0.15) is 0 Å². The van der Waals surface area contributed by atoms with Crippen LogP contribution < -0.4 is 4.90 Å². The van der Waals surface area contributed by atoms with E-state index in [2.05, 4.69) is 156 Å². The van der Waals surface area contributed by atoms with Crippen LogP contribution in [0.15, 0.2) is 127 Å². The smallest absolute Gasteiger partial charge is 0.0832 e. The van der Waals surface area contributed by atoms with Gasteiger partial charge in [-0.25, -0.2) is 0 Å². The predicted octanol–water partition coefficient (Wildman–Crippen LogP) is 14.2. The second kappa shape index (κ2) is 11.7. The van der Waals surface area contributed by atoms with Gasteiger partial charge in [-0.15, -0.1) is 0 Å². The zero-order valence-corrected chi connectivity index (χ0v) is 29.3. The summed E-state index contributed by atoms with van der Waals surface area (Å²) in [4.78, 5) is 2.26. The first kappa shape index (κ1) is 31.3. The van der Waals surface area contributed by atoms with E-state index in [1.54, 1.807) is 0 Å². The molecule has 0 saturated carbocycles. The molecule has 3 heteroatoms. The predicted molar refractivity (Wildman–Crippen MR) is 206 cm³/mol. The highest BCUT2D eigenvalue weighted by Gasteiger charge is 2.24. The highest BCUT2D eigenvalue weighted by atomic mass is 35.5. The summed E-state index contributed by atoms with van der Waals surface area (Å²) >= 11 is 13.7. The zero-order chi connectivity index (χ0) is 33.1. The molecular weight excluding hydrogens is 613 g/mol. The molecule has 47 heavy (non-hydrogen) atoms. The topological polar surface area (TPSA) is 3.24 Å². The van der Waals surface area contributed by atoms with Crippen LogP contribution in [-0.2, 0) is 10.8 Å². The van der Waals surface area contributed by atoms with Crippen LogP contribution in [0.1, 0.15) is 52.7 Å². The largest absolute Gasteiger partial charge is 0.308 e. The summed E-state index contributed by atoms with van der Waals surface area (Å²) in [5.41, 5.74) is 7.70. The van der Waals surface area contributed by atoms with Crippen molar-refractivity contribution in [1.29, 1.82) is 0 Å². The Balaban J connectivity index is 1.54. The molecule has 0 fully saturated rings. The highest BCUT2D eigenvalue weighted by Crippen LogP contribution is 2.47. The van der Waals surface area contributed by atoms with Crippen LogP contribution in [0.4, 0.5) is 17.1 Å². The van der Waals surface area contributed by atoms with Crippen LogP contribution in [0, 0.1) is 0 Å². The quantitative estimate of drug-likeness (QED) is 0.171. The van der Waals surface area contributed by atoms with Crippen LogP contribution in [0.3, 0.4) is 0 Å². The van der Waals surface area contributed by atoms with Gasteiger partial charge in [-0.3, -0.25) is 0 Å². The summed E-state index contributed by atoms with van der Waals surface area (Å²) in [6.45, 7) is 13.5. The number of hydrogen-bond donors (Lipinski definition) is 0. The Morgan fingerprint density at radius 3 is 1.55 bits per heavy atom. The molecule has 0 radical (unpaired) electrons. The van der Waals surface area contributed by atoms with Crippen LogP contribution in [0.5, 0.6) is 0 Å². The summed E-state index contributed by atoms with van der Waals surface area (Å²) in [6, 6.07) is 45.9. The third-order valence-corrected chi connectivity index (χ3v) is 10.1.